The van der Waals surface area contributed by atoms with Crippen molar-refractivity contribution in [2.24, 2.45) is 0 Å². The summed E-state index contributed by atoms with van der Waals surface area (Å²) in [4.78, 5) is 23.4. The summed E-state index contributed by atoms with van der Waals surface area (Å²) in [5.74, 6) is 0.534. The number of carbonyl (C=O) groups is 1. The van der Waals surface area contributed by atoms with Crippen molar-refractivity contribution >= 4 is 5.91 Å². The topological polar surface area (TPSA) is 82.3 Å². The smallest absolute Gasteiger partial charge is 0.275 e. The number of nitrogens with zero attached hydrogens (tertiary/aromatic N) is 4. The van der Waals surface area contributed by atoms with Gasteiger partial charge < -0.3 is 19.2 Å². The minimum absolute atomic E-state index is 0.0499. The highest BCUT2D eigenvalue weighted by Crippen LogP contribution is 2.12. The molecule has 8 nitrogen and oxygen atoms in total. The van der Waals surface area contributed by atoms with E-state index in [-0.39, 0.29) is 12.0 Å². The van der Waals surface area contributed by atoms with Crippen molar-refractivity contribution in [3.63, 3.8) is 0 Å². The summed E-state index contributed by atoms with van der Waals surface area (Å²) >= 11 is 0. The summed E-state index contributed by atoms with van der Waals surface area (Å²) < 4.78 is 11.0. The van der Waals surface area contributed by atoms with Gasteiger partial charge >= 0.3 is 0 Å². The first-order valence-electron chi connectivity index (χ1n) is 10.9. The maximum absolute atomic E-state index is 12.6. The van der Waals surface area contributed by atoms with E-state index in [1.54, 1.807) is 0 Å². The first-order chi connectivity index (χ1) is 13.9. The van der Waals surface area contributed by atoms with E-state index in [4.69, 9.17) is 9.15 Å². The minimum atomic E-state index is -0.460. The van der Waals surface area contributed by atoms with Gasteiger partial charge in [0.25, 0.3) is 5.91 Å². The molecule has 0 radical (unpaired) electrons. The lowest BCUT2D eigenvalue weighted by Crippen LogP contribution is -2.48. The monoisotopic (exact) mass is 410 g/mol. The van der Waals surface area contributed by atoms with Crippen LogP contribution in [-0.2, 0) is 11.3 Å². The summed E-state index contributed by atoms with van der Waals surface area (Å²) in [6.07, 6.45) is 3.02. The van der Waals surface area contributed by atoms with Gasteiger partial charge in [0, 0.05) is 45.8 Å². The van der Waals surface area contributed by atoms with Crippen LogP contribution in [0.4, 0.5) is 0 Å². The predicted molar refractivity (Wildman–Crippen MR) is 112 cm³/mol. The number of aliphatic hydroxyl groups excluding tert-OH is 1. The standard InChI is InChI=1S/C21H38N4O4/c1-5-7-25(8-6-2)21(27)19-16-29-20(22-19)14-24-11-9-23(10-12-24)13-18(26)15-28-17(3)4/h16-18,26H,5-15H2,1-4H3/t18-/m1/s1. The zero-order valence-electron chi connectivity index (χ0n) is 18.5. The minimum Gasteiger partial charge on any atom is -0.447 e. The van der Waals surface area contributed by atoms with Crippen LogP contribution in [0.2, 0.25) is 0 Å². The number of hydrogen-bond acceptors (Lipinski definition) is 7. The molecule has 8 heteroatoms. The molecule has 0 bridgehead atoms. The second kappa shape index (κ2) is 12.3. The number of aliphatic hydroxyl groups is 1. The molecule has 2 rings (SSSR count). The number of amides is 1. The Morgan fingerprint density at radius 1 is 1.21 bits per heavy atom. The molecule has 1 aliphatic heterocycles. The zero-order chi connectivity index (χ0) is 21.2. The van der Waals surface area contributed by atoms with Crippen molar-refractivity contribution in [3.8, 4) is 0 Å². The number of ether oxygens (including phenoxy) is 1. The number of piperazine rings is 1. The molecule has 1 N–H and O–H groups in total. The first kappa shape index (κ1) is 23.8. The van der Waals surface area contributed by atoms with Crippen LogP contribution in [0.25, 0.3) is 0 Å². The second-order valence-corrected chi connectivity index (χ2v) is 8.03. The van der Waals surface area contributed by atoms with E-state index in [1.807, 2.05) is 18.7 Å². The Hall–Kier alpha value is -1.48. The summed E-state index contributed by atoms with van der Waals surface area (Å²) in [6.45, 7) is 14.7. The molecule has 0 unspecified atom stereocenters. The average molecular weight is 411 g/mol. The Balaban J connectivity index is 1.77. The van der Waals surface area contributed by atoms with Crippen LogP contribution >= 0.6 is 0 Å². The van der Waals surface area contributed by atoms with Crippen LogP contribution in [0.15, 0.2) is 10.7 Å². The Bertz CT molecular complexity index is 593. The molecule has 29 heavy (non-hydrogen) atoms. The zero-order valence-corrected chi connectivity index (χ0v) is 18.5. The van der Waals surface area contributed by atoms with E-state index >= 15 is 0 Å². The number of carbonyl (C=O) groups excluding carboxylic acids is 1. The quantitative estimate of drug-likeness (QED) is 0.563. The lowest BCUT2D eigenvalue weighted by atomic mass is 10.2. The lowest BCUT2D eigenvalue weighted by molar-refractivity contribution is -0.0151. The van der Waals surface area contributed by atoms with Gasteiger partial charge in [-0.2, -0.15) is 0 Å². The van der Waals surface area contributed by atoms with E-state index < -0.39 is 6.10 Å². The van der Waals surface area contributed by atoms with Gasteiger partial charge in [-0.15, -0.1) is 0 Å². The molecule has 0 aromatic carbocycles. The largest absolute Gasteiger partial charge is 0.447 e. The third-order valence-electron chi connectivity index (χ3n) is 4.96. The van der Waals surface area contributed by atoms with Crippen molar-refractivity contribution in [1.82, 2.24) is 19.7 Å². The molecule has 1 amide bonds. The van der Waals surface area contributed by atoms with Gasteiger partial charge in [-0.25, -0.2) is 4.98 Å². The normalized spacial score (nSPS) is 17.0. The molecule has 2 heterocycles. The molecule has 1 aliphatic rings. The molecule has 0 spiro atoms. The molecule has 0 saturated carbocycles. The van der Waals surface area contributed by atoms with Crippen molar-refractivity contribution in [2.45, 2.75) is 59.3 Å². The summed E-state index contributed by atoms with van der Waals surface area (Å²) in [5, 5.41) is 10.1. The molecule has 0 aliphatic carbocycles. The number of β-amino-alcohol motifs (C(OH)–C–C–N with tert-alkyl or cyclic N) is 1. The average Bonchev–Trinajstić information content (AvgIpc) is 3.15. The van der Waals surface area contributed by atoms with Crippen LogP contribution in [0, 0.1) is 0 Å². The number of hydrogen-bond donors (Lipinski definition) is 1. The van der Waals surface area contributed by atoms with Crippen molar-refractivity contribution in [3.05, 3.63) is 17.8 Å². The van der Waals surface area contributed by atoms with E-state index in [9.17, 15) is 9.90 Å². The molecule has 166 valence electrons. The third kappa shape index (κ3) is 8.04. The fourth-order valence-corrected chi connectivity index (χ4v) is 3.47. The van der Waals surface area contributed by atoms with Crippen molar-refractivity contribution < 1.29 is 19.1 Å². The summed E-state index contributed by atoms with van der Waals surface area (Å²) in [7, 11) is 0. The third-order valence-corrected chi connectivity index (χ3v) is 4.96. The van der Waals surface area contributed by atoms with E-state index in [2.05, 4.69) is 28.6 Å². The highest BCUT2D eigenvalue weighted by Gasteiger charge is 2.23. The lowest BCUT2D eigenvalue weighted by Gasteiger charge is -2.35. The van der Waals surface area contributed by atoms with Gasteiger partial charge in [0.2, 0.25) is 5.89 Å². The number of aromatic nitrogens is 1. The number of oxazole rings is 1. The molecule has 1 saturated heterocycles. The van der Waals surface area contributed by atoms with Crippen LogP contribution in [0.3, 0.4) is 0 Å². The maximum atomic E-state index is 12.6. The fraction of sp³-hybridized carbons (Fsp3) is 0.810. The van der Waals surface area contributed by atoms with Gasteiger partial charge in [-0.05, 0) is 26.7 Å². The molecule has 1 aromatic rings. The van der Waals surface area contributed by atoms with Gasteiger partial charge in [0.1, 0.15) is 6.26 Å². The van der Waals surface area contributed by atoms with Crippen LogP contribution in [-0.4, -0.2) is 95.3 Å². The first-order valence-corrected chi connectivity index (χ1v) is 10.9. The SMILES string of the molecule is CCCN(CCC)C(=O)c1coc(CN2CCN(C[C@@H](O)COC(C)C)CC2)n1. The van der Waals surface area contributed by atoms with E-state index in [1.165, 1.54) is 6.26 Å². The summed E-state index contributed by atoms with van der Waals surface area (Å²) in [5.41, 5.74) is 0.397. The fourth-order valence-electron chi connectivity index (χ4n) is 3.47. The highest BCUT2D eigenvalue weighted by molar-refractivity contribution is 5.91. The molecule has 1 aromatic heterocycles. The van der Waals surface area contributed by atoms with Crippen LogP contribution < -0.4 is 0 Å². The van der Waals surface area contributed by atoms with Crippen LogP contribution in [0.1, 0.15) is 56.9 Å². The molecule has 1 fully saturated rings. The molecule has 1 atom stereocenters. The van der Waals surface area contributed by atoms with Crippen LogP contribution in [0.5, 0.6) is 0 Å². The second-order valence-electron chi connectivity index (χ2n) is 8.03. The van der Waals surface area contributed by atoms with Crippen molar-refractivity contribution in [2.75, 3.05) is 52.4 Å². The Morgan fingerprint density at radius 2 is 1.83 bits per heavy atom. The summed E-state index contributed by atoms with van der Waals surface area (Å²) in [6, 6.07) is 0. The maximum Gasteiger partial charge on any atom is 0.275 e. The van der Waals surface area contributed by atoms with Gasteiger partial charge in [0.15, 0.2) is 5.69 Å². The van der Waals surface area contributed by atoms with Crippen molar-refractivity contribution in [1.29, 1.82) is 0 Å². The Labute approximate surface area is 174 Å². The van der Waals surface area contributed by atoms with Gasteiger partial charge in [0.05, 0.1) is 25.4 Å². The highest BCUT2D eigenvalue weighted by atomic mass is 16.5. The van der Waals surface area contributed by atoms with E-state index in [0.29, 0.717) is 31.3 Å². The predicted octanol–water partition coefficient (Wildman–Crippen LogP) is 1.84. The van der Waals surface area contributed by atoms with E-state index in [0.717, 1.165) is 52.1 Å². The van der Waals surface area contributed by atoms with Gasteiger partial charge in [-0.3, -0.25) is 14.6 Å². The Kier molecular flexibility index (Phi) is 10.1. The van der Waals surface area contributed by atoms with Gasteiger partial charge in [-0.1, -0.05) is 13.8 Å². The molecular weight excluding hydrogens is 372 g/mol. The molecular formula is C21H38N4O4. The Morgan fingerprint density at radius 3 is 2.41 bits per heavy atom. The number of rotatable bonds is 12.